The molecule has 1 N–H and O–H groups in total. The molecular formula is C16H14ClF3N2O2. The van der Waals surface area contributed by atoms with Gasteiger partial charge in [0, 0.05) is 23.8 Å². The van der Waals surface area contributed by atoms with Crippen molar-refractivity contribution in [3.63, 3.8) is 0 Å². The first-order chi connectivity index (χ1) is 11.3. The second kappa shape index (κ2) is 8.01. The van der Waals surface area contributed by atoms with E-state index in [0.29, 0.717) is 6.42 Å². The molecular weight excluding hydrogens is 345 g/mol. The van der Waals surface area contributed by atoms with Crippen LogP contribution in [0.5, 0.6) is 5.75 Å². The van der Waals surface area contributed by atoms with Crippen molar-refractivity contribution in [1.82, 2.24) is 4.98 Å². The molecule has 1 aromatic heterocycles. The van der Waals surface area contributed by atoms with Crippen LogP contribution < -0.4 is 10.1 Å². The number of amides is 1. The van der Waals surface area contributed by atoms with Crippen LogP contribution in [0.2, 0.25) is 5.02 Å². The molecule has 0 radical (unpaired) electrons. The van der Waals surface area contributed by atoms with E-state index in [2.05, 4.69) is 10.3 Å². The zero-order chi connectivity index (χ0) is 17.6. The maximum atomic E-state index is 12.3. The molecule has 1 aromatic carbocycles. The summed E-state index contributed by atoms with van der Waals surface area (Å²) in [6.07, 6.45) is -0.596. The summed E-state index contributed by atoms with van der Waals surface area (Å²) in [5, 5.41) is 2.80. The number of halogens is 4. The van der Waals surface area contributed by atoms with Crippen LogP contribution in [0.15, 0.2) is 42.7 Å². The number of alkyl halides is 3. The van der Waals surface area contributed by atoms with Gasteiger partial charge in [-0.25, -0.2) is 0 Å². The number of aromatic nitrogens is 1. The van der Waals surface area contributed by atoms with Crippen LogP contribution in [-0.2, 0) is 11.2 Å². The van der Waals surface area contributed by atoms with Crippen molar-refractivity contribution in [1.29, 1.82) is 0 Å². The van der Waals surface area contributed by atoms with Crippen LogP contribution in [0.25, 0.3) is 0 Å². The third-order valence-corrected chi connectivity index (χ3v) is 3.21. The zero-order valence-electron chi connectivity index (χ0n) is 12.4. The number of carbonyl (C=O) groups excluding carboxylic acids is 1. The van der Waals surface area contributed by atoms with Crippen LogP contribution in [0.3, 0.4) is 0 Å². The van der Waals surface area contributed by atoms with Gasteiger partial charge < -0.3 is 10.1 Å². The maximum Gasteiger partial charge on any atom is 0.422 e. The lowest BCUT2D eigenvalue weighted by Gasteiger charge is -2.14. The summed E-state index contributed by atoms with van der Waals surface area (Å²) in [5.41, 5.74) is 0.982. The molecule has 2 rings (SSSR count). The third kappa shape index (κ3) is 6.08. The fourth-order valence-corrected chi connectivity index (χ4v) is 2.07. The average Bonchev–Trinajstić information content (AvgIpc) is 2.52. The molecule has 1 amide bonds. The standard InChI is InChI=1S/C16H14ClF3N2O2/c17-12-4-5-14(24-10-16(18,19)20)13(8-12)22-15(23)6-3-11-2-1-7-21-9-11/h1-2,4-5,7-9H,3,6,10H2,(H,22,23). The first-order valence-electron chi connectivity index (χ1n) is 7.01. The lowest BCUT2D eigenvalue weighted by Crippen LogP contribution is -2.20. The molecule has 128 valence electrons. The Morgan fingerprint density at radius 1 is 1.29 bits per heavy atom. The van der Waals surface area contributed by atoms with E-state index in [1.165, 1.54) is 18.2 Å². The van der Waals surface area contributed by atoms with E-state index < -0.39 is 12.8 Å². The number of ether oxygens (including phenoxy) is 1. The Morgan fingerprint density at radius 3 is 2.75 bits per heavy atom. The molecule has 0 saturated heterocycles. The summed E-state index contributed by atoms with van der Waals surface area (Å²) in [7, 11) is 0. The minimum atomic E-state index is -4.47. The van der Waals surface area contributed by atoms with Gasteiger partial charge in [-0.1, -0.05) is 17.7 Å². The molecule has 8 heteroatoms. The number of carbonyl (C=O) groups is 1. The molecule has 0 unspecified atom stereocenters. The van der Waals surface area contributed by atoms with E-state index >= 15 is 0 Å². The van der Waals surface area contributed by atoms with E-state index in [-0.39, 0.29) is 28.8 Å². The first kappa shape index (κ1) is 18.1. The normalized spacial score (nSPS) is 11.2. The number of aryl methyl sites for hydroxylation is 1. The number of pyridine rings is 1. The Labute approximate surface area is 141 Å². The highest BCUT2D eigenvalue weighted by Crippen LogP contribution is 2.29. The van der Waals surface area contributed by atoms with Gasteiger partial charge in [0.05, 0.1) is 5.69 Å². The van der Waals surface area contributed by atoms with E-state index in [0.717, 1.165) is 5.56 Å². The highest BCUT2D eigenvalue weighted by atomic mass is 35.5. The third-order valence-electron chi connectivity index (χ3n) is 2.97. The fourth-order valence-electron chi connectivity index (χ4n) is 1.90. The second-order valence-corrected chi connectivity index (χ2v) is 5.39. The summed E-state index contributed by atoms with van der Waals surface area (Å²) < 4.78 is 41.5. The summed E-state index contributed by atoms with van der Waals surface area (Å²) in [5.74, 6) is -0.454. The van der Waals surface area contributed by atoms with Gasteiger partial charge in [0.1, 0.15) is 5.75 Å². The highest BCUT2D eigenvalue weighted by molar-refractivity contribution is 6.31. The predicted molar refractivity (Wildman–Crippen MR) is 84.2 cm³/mol. The van der Waals surface area contributed by atoms with Crippen molar-refractivity contribution in [2.45, 2.75) is 19.0 Å². The lowest BCUT2D eigenvalue weighted by atomic mass is 10.1. The molecule has 1 heterocycles. The summed E-state index contributed by atoms with van der Waals surface area (Å²) in [4.78, 5) is 15.9. The van der Waals surface area contributed by atoms with Crippen molar-refractivity contribution < 1.29 is 22.7 Å². The van der Waals surface area contributed by atoms with Crippen molar-refractivity contribution in [3.05, 3.63) is 53.3 Å². The minimum Gasteiger partial charge on any atom is -0.482 e. The van der Waals surface area contributed by atoms with Crippen LogP contribution in [-0.4, -0.2) is 23.7 Å². The Kier molecular flexibility index (Phi) is 6.03. The molecule has 0 saturated carbocycles. The molecule has 0 bridgehead atoms. The molecule has 0 aliphatic rings. The Bertz CT molecular complexity index is 693. The monoisotopic (exact) mass is 358 g/mol. The minimum absolute atomic E-state index is 0.0912. The van der Waals surface area contributed by atoms with Gasteiger partial charge in [0.25, 0.3) is 0 Å². The van der Waals surface area contributed by atoms with Crippen LogP contribution in [0.1, 0.15) is 12.0 Å². The molecule has 2 aromatic rings. The van der Waals surface area contributed by atoms with Gasteiger partial charge in [-0.2, -0.15) is 13.2 Å². The van der Waals surface area contributed by atoms with Crippen molar-refractivity contribution in [3.8, 4) is 5.75 Å². The second-order valence-electron chi connectivity index (χ2n) is 4.95. The number of rotatable bonds is 6. The van der Waals surface area contributed by atoms with Gasteiger partial charge >= 0.3 is 6.18 Å². The molecule has 0 fully saturated rings. The average molecular weight is 359 g/mol. The number of nitrogens with one attached hydrogen (secondary N) is 1. The van der Waals surface area contributed by atoms with Gasteiger partial charge in [-0.05, 0) is 36.2 Å². The number of benzene rings is 1. The number of anilines is 1. The Morgan fingerprint density at radius 2 is 2.08 bits per heavy atom. The van der Waals surface area contributed by atoms with Crippen molar-refractivity contribution in [2.75, 3.05) is 11.9 Å². The fraction of sp³-hybridized carbons (Fsp3) is 0.250. The summed E-state index contributed by atoms with van der Waals surface area (Å²) in [6.45, 7) is -1.45. The van der Waals surface area contributed by atoms with Crippen LogP contribution in [0, 0.1) is 0 Å². The van der Waals surface area contributed by atoms with Gasteiger partial charge in [-0.15, -0.1) is 0 Å². The lowest BCUT2D eigenvalue weighted by molar-refractivity contribution is -0.153. The molecule has 0 spiro atoms. The van der Waals surface area contributed by atoms with E-state index in [4.69, 9.17) is 16.3 Å². The van der Waals surface area contributed by atoms with Crippen LogP contribution in [0.4, 0.5) is 18.9 Å². The topological polar surface area (TPSA) is 51.2 Å². The smallest absolute Gasteiger partial charge is 0.422 e. The van der Waals surface area contributed by atoms with Gasteiger partial charge in [0.15, 0.2) is 6.61 Å². The quantitative estimate of drug-likeness (QED) is 0.840. The molecule has 0 atom stereocenters. The predicted octanol–water partition coefficient (Wildman–Crippen LogP) is 4.25. The maximum absolute atomic E-state index is 12.3. The van der Waals surface area contributed by atoms with E-state index in [1.807, 2.05) is 6.07 Å². The SMILES string of the molecule is O=C(CCc1cccnc1)Nc1cc(Cl)ccc1OCC(F)(F)F. The van der Waals surface area contributed by atoms with Crippen LogP contribution >= 0.6 is 11.6 Å². The van der Waals surface area contributed by atoms with Gasteiger partial charge in [-0.3, -0.25) is 9.78 Å². The molecule has 0 aliphatic carbocycles. The van der Waals surface area contributed by atoms with Crippen molar-refractivity contribution >= 4 is 23.2 Å². The number of hydrogen-bond acceptors (Lipinski definition) is 3. The zero-order valence-corrected chi connectivity index (χ0v) is 13.2. The Balaban J connectivity index is 1.99. The molecule has 0 aliphatic heterocycles. The summed E-state index contributed by atoms with van der Waals surface area (Å²) in [6, 6.07) is 7.60. The Hall–Kier alpha value is -2.28. The molecule has 24 heavy (non-hydrogen) atoms. The van der Waals surface area contributed by atoms with Crippen molar-refractivity contribution in [2.24, 2.45) is 0 Å². The number of nitrogens with zero attached hydrogens (tertiary/aromatic N) is 1. The first-order valence-corrected chi connectivity index (χ1v) is 7.39. The molecule has 4 nitrogen and oxygen atoms in total. The highest BCUT2D eigenvalue weighted by Gasteiger charge is 2.29. The largest absolute Gasteiger partial charge is 0.482 e. The summed E-state index contributed by atoms with van der Waals surface area (Å²) >= 11 is 5.83. The van der Waals surface area contributed by atoms with E-state index in [9.17, 15) is 18.0 Å². The van der Waals surface area contributed by atoms with Gasteiger partial charge in [0.2, 0.25) is 5.91 Å². The van der Waals surface area contributed by atoms with E-state index in [1.54, 1.807) is 18.5 Å². The number of hydrogen-bond donors (Lipinski definition) is 1.